The number of halogens is 1. The molecule has 2 amide bonds. The molecule has 0 unspecified atom stereocenters. The molecule has 0 radical (unpaired) electrons. The molecule has 0 aliphatic carbocycles. The number of carbonyl (C=O) groups excluding carboxylic acids is 2. The van der Waals surface area contributed by atoms with Gasteiger partial charge in [0.1, 0.15) is 6.54 Å². The fourth-order valence-electron chi connectivity index (χ4n) is 2.87. The van der Waals surface area contributed by atoms with Gasteiger partial charge >= 0.3 is 0 Å². The number of hydrogen-bond acceptors (Lipinski definition) is 3. The minimum Gasteiger partial charge on any atom is -0.355 e. The van der Waals surface area contributed by atoms with E-state index in [9.17, 15) is 9.59 Å². The number of thioether (sulfide) groups is 1. The standard InChI is InChI=1S/C22H23ClN2O2S/c1-15(2)10-11-24-21(26)14-25-18-8-3-4-9-19(18)28-20(22(25)27)13-16-6-5-7-17(23)12-16/h3-9,12-13,15H,10-11,14H2,1-2H3,(H,24,26)/b20-13-. The third-order valence-electron chi connectivity index (χ3n) is 4.32. The van der Waals surface area contributed by atoms with Crippen molar-refractivity contribution in [1.82, 2.24) is 5.32 Å². The molecule has 2 aromatic rings. The minimum atomic E-state index is -0.178. The van der Waals surface area contributed by atoms with Crippen molar-refractivity contribution < 1.29 is 9.59 Å². The summed E-state index contributed by atoms with van der Waals surface area (Å²) in [5.41, 5.74) is 1.61. The Bertz CT molecular complexity index is 911. The number of nitrogens with zero attached hydrogens (tertiary/aromatic N) is 1. The number of rotatable bonds is 6. The Kier molecular flexibility index (Phi) is 6.81. The van der Waals surface area contributed by atoms with Gasteiger partial charge in [-0.25, -0.2) is 0 Å². The number of hydrogen-bond donors (Lipinski definition) is 1. The molecule has 1 heterocycles. The largest absolute Gasteiger partial charge is 0.355 e. The van der Waals surface area contributed by atoms with Crippen LogP contribution in [0.5, 0.6) is 0 Å². The Morgan fingerprint density at radius 2 is 2.00 bits per heavy atom. The van der Waals surface area contributed by atoms with Gasteiger partial charge in [-0.2, -0.15) is 0 Å². The highest BCUT2D eigenvalue weighted by Crippen LogP contribution is 2.41. The van der Waals surface area contributed by atoms with E-state index < -0.39 is 0 Å². The van der Waals surface area contributed by atoms with E-state index >= 15 is 0 Å². The van der Waals surface area contributed by atoms with Gasteiger partial charge in [0.2, 0.25) is 5.91 Å². The zero-order valence-corrected chi connectivity index (χ0v) is 17.5. The summed E-state index contributed by atoms with van der Waals surface area (Å²) < 4.78 is 0. The van der Waals surface area contributed by atoms with Gasteiger partial charge in [0.15, 0.2) is 0 Å². The van der Waals surface area contributed by atoms with Gasteiger partial charge in [0.05, 0.1) is 10.6 Å². The fraction of sp³-hybridized carbons (Fsp3) is 0.273. The van der Waals surface area contributed by atoms with Crippen molar-refractivity contribution in [2.75, 3.05) is 18.0 Å². The monoisotopic (exact) mass is 414 g/mol. The first-order valence-electron chi connectivity index (χ1n) is 9.27. The van der Waals surface area contributed by atoms with Crippen molar-refractivity contribution in [1.29, 1.82) is 0 Å². The van der Waals surface area contributed by atoms with Crippen LogP contribution in [0.15, 0.2) is 58.3 Å². The van der Waals surface area contributed by atoms with Crippen LogP contribution in [0, 0.1) is 5.92 Å². The first-order valence-corrected chi connectivity index (χ1v) is 10.5. The average Bonchev–Trinajstić information content (AvgIpc) is 2.65. The van der Waals surface area contributed by atoms with Crippen molar-refractivity contribution in [2.24, 2.45) is 5.92 Å². The van der Waals surface area contributed by atoms with Crippen molar-refractivity contribution in [3.8, 4) is 0 Å². The van der Waals surface area contributed by atoms with Crippen LogP contribution in [0.2, 0.25) is 5.02 Å². The summed E-state index contributed by atoms with van der Waals surface area (Å²) in [6, 6.07) is 15.0. The molecule has 6 heteroatoms. The lowest BCUT2D eigenvalue weighted by molar-refractivity contribution is -0.122. The summed E-state index contributed by atoms with van der Waals surface area (Å²) in [4.78, 5) is 28.6. The van der Waals surface area contributed by atoms with E-state index in [-0.39, 0.29) is 18.4 Å². The third-order valence-corrected chi connectivity index (χ3v) is 5.64. The van der Waals surface area contributed by atoms with Crippen LogP contribution in [0.4, 0.5) is 5.69 Å². The smallest absolute Gasteiger partial charge is 0.265 e. The molecule has 0 saturated carbocycles. The van der Waals surface area contributed by atoms with Gasteiger partial charge in [0, 0.05) is 16.5 Å². The van der Waals surface area contributed by atoms with Crippen LogP contribution >= 0.6 is 23.4 Å². The molecule has 2 aromatic carbocycles. The molecule has 0 atom stereocenters. The summed E-state index contributed by atoms with van der Waals surface area (Å²) in [6.45, 7) is 4.84. The molecule has 0 fully saturated rings. The summed E-state index contributed by atoms with van der Waals surface area (Å²) in [6.07, 6.45) is 2.73. The van der Waals surface area contributed by atoms with E-state index in [1.165, 1.54) is 11.8 Å². The van der Waals surface area contributed by atoms with Gasteiger partial charge in [-0.05, 0) is 48.2 Å². The molecule has 0 saturated heterocycles. The third kappa shape index (κ3) is 5.18. The van der Waals surface area contributed by atoms with Gasteiger partial charge in [-0.3, -0.25) is 14.5 Å². The van der Waals surface area contributed by atoms with E-state index in [1.807, 2.05) is 48.5 Å². The molecule has 3 rings (SSSR count). The van der Waals surface area contributed by atoms with E-state index in [1.54, 1.807) is 11.0 Å². The summed E-state index contributed by atoms with van der Waals surface area (Å²) in [5, 5.41) is 3.52. The number of benzene rings is 2. The first kappa shape index (κ1) is 20.5. The molecule has 0 aromatic heterocycles. The van der Waals surface area contributed by atoms with Crippen LogP contribution in [-0.2, 0) is 9.59 Å². The maximum atomic E-state index is 13.1. The molecule has 4 nitrogen and oxygen atoms in total. The number of carbonyl (C=O) groups is 2. The molecular weight excluding hydrogens is 392 g/mol. The van der Waals surface area contributed by atoms with E-state index in [2.05, 4.69) is 19.2 Å². The molecule has 0 bridgehead atoms. The Balaban J connectivity index is 1.84. The second-order valence-electron chi connectivity index (χ2n) is 7.06. The molecule has 146 valence electrons. The summed E-state index contributed by atoms with van der Waals surface area (Å²) >= 11 is 7.48. The quantitative estimate of drug-likeness (QED) is 0.678. The topological polar surface area (TPSA) is 49.4 Å². The van der Waals surface area contributed by atoms with Crippen LogP contribution in [0.3, 0.4) is 0 Å². The van der Waals surface area contributed by atoms with Crippen molar-refractivity contribution in [3.63, 3.8) is 0 Å². The minimum absolute atomic E-state index is 0.00138. The molecule has 1 aliphatic rings. The fourth-order valence-corrected chi connectivity index (χ4v) is 4.12. The Morgan fingerprint density at radius 3 is 2.75 bits per heavy atom. The zero-order chi connectivity index (χ0) is 20.1. The first-order chi connectivity index (χ1) is 13.4. The predicted octanol–water partition coefficient (Wildman–Crippen LogP) is 4.98. The second kappa shape index (κ2) is 9.30. The lowest BCUT2D eigenvalue weighted by Crippen LogP contribution is -2.43. The number of para-hydroxylation sites is 1. The summed E-state index contributed by atoms with van der Waals surface area (Å²) in [7, 11) is 0. The Hall–Kier alpha value is -2.24. The molecule has 1 N–H and O–H groups in total. The van der Waals surface area contributed by atoms with Crippen LogP contribution in [-0.4, -0.2) is 24.9 Å². The highest BCUT2D eigenvalue weighted by atomic mass is 35.5. The average molecular weight is 415 g/mol. The number of nitrogens with one attached hydrogen (secondary N) is 1. The lowest BCUT2D eigenvalue weighted by atomic mass is 10.1. The molecule has 0 spiro atoms. The van der Waals surface area contributed by atoms with Crippen LogP contribution in [0.25, 0.3) is 6.08 Å². The Labute approximate surface area is 175 Å². The van der Waals surface area contributed by atoms with Crippen molar-refractivity contribution >= 4 is 46.9 Å². The maximum Gasteiger partial charge on any atom is 0.265 e. The van der Waals surface area contributed by atoms with Gasteiger partial charge in [-0.15, -0.1) is 0 Å². The van der Waals surface area contributed by atoms with Gasteiger partial charge in [0.25, 0.3) is 5.91 Å². The summed E-state index contributed by atoms with van der Waals surface area (Å²) in [5.74, 6) is 0.182. The maximum absolute atomic E-state index is 13.1. The number of fused-ring (bicyclic) bond motifs is 1. The lowest BCUT2D eigenvalue weighted by Gasteiger charge is -2.29. The molecular formula is C22H23ClN2O2S. The number of amides is 2. The number of anilines is 1. The van der Waals surface area contributed by atoms with Crippen molar-refractivity contribution in [2.45, 2.75) is 25.2 Å². The van der Waals surface area contributed by atoms with E-state index in [0.29, 0.717) is 22.4 Å². The molecule has 1 aliphatic heterocycles. The Morgan fingerprint density at radius 1 is 1.21 bits per heavy atom. The van der Waals surface area contributed by atoms with Crippen LogP contribution < -0.4 is 10.2 Å². The van der Waals surface area contributed by atoms with Gasteiger partial charge in [-0.1, -0.05) is 61.5 Å². The van der Waals surface area contributed by atoms with E-state index in [0.717, 1.165) is 22.6 Å². The van der Waals surface area contributed by atoms with Crippen LogP contribution in [0.1, 0.15) is 25.8 Å². The highest BCUT2D eigenvalue weighted by Gasteiger charge is 2.30. The van der Waals surface area contributed by atoms with E-state index in [4.69, 9.17) is 11.6 Å². The predicted molar refractivity (Wildman–Crippen MR) is 117 cm³/mol. The second-order valence-corrected chi connectivity index (χ2v) is 8.58. The zero-order valence-electron chi connectivity index (χ0n) is 15.9. The van der Waals surface area contributed by atoms with Gasteiger partial charge < -0.3 is 5.32 Å². The SMILES string of the molecule is CC(C)CCNC(=O)CN1C(=O)/C(=C/c2cccc(Cl)c2)Sc2ccccc21. The normalized spacial score (nSPS) is 15.1. The van der Waals surface area contributed by atoms with Crippen molar-refractivity contribution in [3.05, 3.63) is 64.0 Å². The highest BCUT2D eigenvalue weighted by molar-refractivity contribution is 8.04. The molecule has 28 heavy (non-hydrogen) atoms.